The molecule has 8 heteroatoms. The van der Waals surface area contributed by atoms with Crippen LogP contribution in [0.4, 0.5) is 0 Å². The van der Waals surface area contributed by atoms with Gasteiger partial charge in [-0.2, -0.15) is 0 Å². The van der Waals surface area contributed by atoms with Gasteiger partial charge in [0.1, 0.15) is 0 Å². The molecule has 1 aromatic heterocycles. The fourth-order valence-electron chi connectivity index (χ4n) is 1.98. The maximum Gasteiger partial charge on any atom is 0.251 e. The highest BCUT2D eigenvalue weighted by Gasteiger charge is 2.21. The molecule has 2 rings (SSSR count). The Bertz CT molecular complexity index is 801. The number of pyridine rings is 1. The van der Waals surface area contributed by atoms with Crippen molar-refractivity contribution in [1.29, 1.82) is 0 Å². The number of hydrogen-bond acceptors (Lipinski definition) is 4. The molecule has 0 saturated carbocycles. The van der Waals surface area contributed by atoms with Crippen molar-refractivity contribution < 1.29 is 13.2 Å². The molecule has 0 spiro atoms. The van der Waals surface area contributed by atoms with Crippen LogP contribution in [0.15, 0.2) is 53.7 Å². The molecule has 0 atom stereocenters. The van der Waals surface area contributed by atoms with Gasteiger partial charge in [0.15, 0.2) is 0 Å². The maximum absolute atomic E-state index is 12.1. The summed E-state index contributed by atoms with van der Waals surface area (Å²) < 4.78 is 26.6. The lowest BCUT2D eigenvalue weighted by Crippen LogP contribution is -2.43. The van der Waals surface area contributed by atoms with Gasteiger partial charge in [-0.05, 0) is 47.4 Å². The summed E-state index contributed by atoms with van der Waals surface area (Å²) in [7, 11) is 1.94. The van der Waals surface area contributed by atoms with Crippen LogP contribution < -0.4 is 10.0 Å². The summed E-state index contributed by atoms with van der Waals surface area (Å²) in [6.45, 7) is 3.46. The molecule has 2 aromatic rings. The van der Waals surface area contributed by atoms with Crippen LogP contribution in [0.5, 0.6) is 0 Å². The van der Waals surface area contributed by atoms with Gasteiger partial charge in [-0.1, -0.05) is 13.8 Å². The van der Waals surface area contributed by atoms with Gasteiger partial charge in [0.05, 0.1) is 12.7 Å². The van der Waals surface area contributed by atoms with E-state index in [9.17, 15) is 13.2 Å². The van der Waals surface area contributed by atoms with Crippen LogP contribution >= 0.6 is 0 Å². The number of nitrogens with zero attached hydrogens (tertiary/aromatic N) is 1. The third-order valence-corrected chi connectivity index (χ3v) is 4.71. The van der Waals surface area contributed by atoms with Gasteiger partial charge in [-0.25, -0.2) is 13.1 Å². The van der Waals surface area contributed by atoms with Gasteiger partial charge in [0, 0.05) is 24.5 Å². The lowest BCUT2D eigenvalue weighted by molar-refractivity contribution is 0.0951. The monoisotopic (exact) mass is 343 g/mol. The summed E-state index contributed by atoms with van der Waals surface area (Å²) in [6, 6.07) is 9.26. The van der Waals surface area contributed by atoms with E-state index in [-0.39, 0.29) is 10.8 Å². The van der Waals surface area contributed by atoms with Crippen molar-refractivity contribution in [3.8, 4) is 0 Å². The molecule has 0 saturated heterocycles. The summed E-state index contributed by atoms with van der Waals surface area (Å²) in [5.74, 6) is -0.289. The highest BCUT2D eigenvalue weighted by atomic mass is 32.2. The van der Waals surface area contributed by atoms with Gasteiger partial charge in [0.2, 0.25) is 10.0 Å². The average molecular weight is 343 g/mol. The molecule has 1 heterocycles. The number of hydrogen-bond donors (Lipinski definition) is 2. The van der Waals surface area contributed by atoms with E-state index in [1.807, 2.05) is 0 Å². The first-order valence-corrected chi connectivity index (χ1v) is 8.76. The molecule has 24 heavy (non-hydrogen) atoms. The van der Waals surface area contributed by atoms with Gasteiger partial charge in [-0.3, -0.25) is 9.78 Å². The number of rotatable bonds is 6. The van der Waals surface area contributed by atoms with Crippen molar-refractivity contribution in [3.63, 3.8) is 0 Å². The van der Waals surface area contributed by atoms with E-state index in [0.29, 0.717) is 12.1 Å². The minimum absolute atomic E-state index is 0.0479. The molecule has 0 aliphatic rings. The van der Waals surface area contributed by atoms with E-state index in [2.05, 4.69) is 15.0 Å². The topological polar surface area (TPSA) is 88.2 Å². The standard InChI is InChI=1S/C16H18BN3O3S/c1-16(2,17)20-24(22,23)14-5-3-13(4-6-14)15(21)19-11-12-7-9-18-10-8-12/h3-10,20H,11H2,1-2H3,(H,19,21). The smallest absolute Gasteiger partial charge is 0.251 e. The van der Waals surface area contributed by atoms with Crippen LogP contribution in [0.25, 0.3) is 0 Å². The van der Waals surface area contributed by atoms with Crippen molar-refractivity contribution in [1.82, 2.24) is 15.0 Å². The van der Waals surface area contributed by atoms with Gasteiger partial charge in [-0.15, -0.1) is 0 Å². The number of benzene rings is 1. The quantitative estimate of drug-likeness (QED) is 0.772. The summed E-state index contributed by atoms with van der Waals surface area (Å²) in [4.78, 5) is 16.0. The SMILES string of the molecule is [B]C(C)(C)NS(=O)(=O)c1ccc(C(=O)NCc2ccncc2)cc1. The Morgan fingerprint density at radius 1 is 1.12 bits per heavy atom. The third kappa shape index (κ3) is 5.18. The minimum atomic E-state index is -3.73. The van der Waals surface area contributed by atoms with Crippen LogP contribution in [0.2, 0.25) is 0 Å². The number of carbonyl (C=O) groups excluding carboxylic acids is 1. The molecular formula is C16H18BN3O3S. The second-order valence-electron chi connectivity index (χ2n) is 5.89. The number of nitrogens with one attached hydrogen (secondary N) is 2. The molecule has 1 aromatic carbocycles. The molecular weight excluding hydrogens is 325 g/mol. The zero-order valence-corrected chi connectivity index (χ0v) is 14.3. The fraction of sp³-hybridized carbons (Fsp3) is 0.250. The van der Waals surface area contributed by atoms with Crippen molar-refractivity contribution in [3.05, 3.63) is 59.9 Å². The van der Waals surface area contributed by atoms with Crippen LogP contribution in [-0.4, -0.2) is 32.6 Å². The summed E-state index contributed by atoms with van der Waals surface area (Å²) in [5, 5.41) is 2.76. The van der Waals surface area contributed by atoms with E-state index >= 15 is 0 Å². The number of carbonyl (C=O) groups is 1. The molecule has 124 valence electrons. The molecule has 0 unspecified atom stereocenters. The Morgan fingerprint density at radius 2 is 1.71 bits per heavy atom. The zero-order valence-electron chi connectivity index (χ0n) is 13.5. The second kappa shape index (κ2) is 7.15. The second-order valence-corrected chi connectivity index (χ2v) is 7.57. The lowest BCUT2D eigenvalue weighted by Gasteiger charge is -2.20. The Morgan fingerprint density at radius 3 is 2.25 bits per heavy atom. The number of sulfonamides is 1. The Hall–Kier alpha value is -2.19. The molecule has 1 amide bonds. The Balaban J connectivity index is 2.05. The minimum Gasteiger partial charge on any atom is -0.348 e. The van der Waals surface area contributed by atoms with Crippen LogP contribution in [0.3, 0.4) is 0 Å². The molecule has 0 bridgehead atoms. The van der Waals surface area contributed by atoms with Crippen molar-refractivity contribution in [2.24, 2.45) is 0 Å². The van der Waals surface area contributed by atoms with E-state index in [4.69, 9.17) is 7.85 Å². The Kier molecular flexibility index (Phi) is 5.41. The van der Waals surface area contributed by atoms with Crippen molar-refractivity contribution in [2.45, 2.75) is 30.7 Å². The van der Waals surface area contributed by atoms with Crippen molar-refractivity contribution >= 4 is 23.8 Å². The van der Waals surface area contributed by atoms with Gasteiger partial charge >= 0.3 is 0 Å². The van der Waals surface area contributed by atoms with Gasteiger partial charge < -0.3 is 5.32 Å². The predicted molar refractivity (Wildman–Crippen MR) is 92.0 cm³/mol. The lowest BCUT2D eigenvalue weighted by atomic mass is 9.83. The zero-order chi connectivity index (χ0) is 17.8. The number of amides is 1. The highest BCUT2D eigenvalue weighted by Crippen LogP contribution is 2.13. The van der Waals surface area contributed by atoms with Crippen LogP contribution in [0.1, 0.15) is 29.8 Å². The van der Waals surface area contributed by atoms with E-state index in [1.54, 1.807) is 38.4 Å². The summed E-state index contributed by atoms with van der Waals surface area (Å²) >= 11 is 0. The maximum atomic E-state index is 12.1. The molecule has 0 aliphatic heterocycles. The summed E-state index contributed by atoms with van der Waals surface area (Å²) in [5.41, 5.74) is 0.223. The number of aromatic nitrogens is 1. The molecule has 0 aliphatic carbocycles. The largest absolute Gasteiger partial charge is 0.348 e. The van der Waals surface area contributed by atoms with Crippen LogP contribution in [0, 0.1) is 0 Å². The van der Waals surface area contributed by atoms with E-state index in [0.717, 1.165) is 5.56 Å². The third-order valence-electron chi connectivity index (χ3n) is 3.03. The normalized spacial score (nSPS) is 11.9. The van der Waals surface area contributed by atoms with Gasteiger partial charge in [0.25, 0.3) is 5.91 Å². The van der Waals surface area contributed by atoms with Crippen LogP contribution in [-0.2, 0) is 16.6 Å². The predicted octanol–water partition coefficient (Wildman–Crippen LogP) is 1.19. The molecule has 2 N–H and O–H groups in total. The fourth-order valence-corrected chi connectivity index (χ4v) is 3.28. The highest BCUT2D eigenvalue weighted by molar-refractivity contribution is 7.89. The average Bonchev–Trinajstić information content (AvgIpc) is 2.51. The molecule has 2 radical (unpaired) electrons. The van der Waals surface area contributed by atoms with E-state index < -0.39 is 15.5 Å². The molecule has 0 fully saturated rings. The van der Waals surface area contributed by atoms with E-state index in [1.165, 1.54) is 24.3 Å². The first-order chi connectivity index (χ1) is 11.2. The Labute approximate surface area is 143 Å². The first kappa shape index (κ1) is 18.2. The van der Waals surface area contributed by atoms with Crippen molar-refractivity contribution in [2.75, 3.05) is 0 Å². The first-order valence-electron chi connectivity index (χ1n) is 7.27. The molecule has 6 nitrogen and oxygen atoms in total. The summed E-state index contributed by atoms with van der Waals surface area (Å²) in [6.07, 6.45) is 3.29.